The Bertz CT molecular complexity index is 514. The fraction of sp³-hybridized carbons (Fsp3) is 0.400. The van der Waals surface area contributed by atoms with Crippen molar-refractivity contribution in [3.05, 3.63) is 36.0 Å². The highest BCUT2D eigenvalue weighted by molar-refractivity contribution is 9.09. The lowest BCUT2D eigenvalue weighted by atomic mass is 10.1. The van der Waals surface area contributed by atoms with Crippen molar-refractivity contribution in [3.8, 4) is 0 Å². The molecule has 0 aliphatic rings. The lowest BCUT2D eigenvalue weighted by molar-refractivity contribution is -0.138. The smallest absolute Gasteiger partial charge is 0.293 e. The molecule has 2 rings (SSSR count). The van der Waals surface area contributed by atoms with Gasteiger partial charge in [-0.1, -0.05) is 28.1 Å². The predicted octanol–water partition coefficient (Wildman–Crippen LogP) is 4.06. The van der Waals surface area contributed by atoms with Crippen molar-refractivity contribution >= 4 is 33.3 Å². The third-order valence-corrected chi connectivity index (χ3v) is 2.85. The molecule has 0 fully saturated rings. The molecule has 104 valence electrons. The number of aryl methyl sites for hydroxylation is 1. The van der Waals surface area contributed by atoms with Gasteiger partial charge in [-0.15, -0.1) is 0 Å². The summed E-state index contributed by atoms with van der Waals surface area (Å²) < 4.78 is 4.55. The summed E-state index contributed by atoms with van der Waals surface area (Å²) in [5.74, 6) is 0. The second-order valence-corrected chi connectivity index (χ2v) is 5.91. The van der Waals surface area contributed by atoms with E-state index in [-0.39, 0.29) is 5.60 Å². The summed E-state index contributed by atoms with van der Waals surface area (Å²) in [5.41, 5.74) is 2.32. The molecule has 0 atom stereocenters. The van der Waals surface area contributed by atoms with Crippen LogP contribution >= 0.6 is 15.9 Å². The van der Waals surface area contributed by atoms with Gasteiger partial charge in [-0.2, -0.15) is 0 Å². The zero-order valence-corrected chi connectivity index (χ0v) is 13.2. The van der Waals surface area contributed by atoms with E-state index in [1.165, 1.54) is 16.5 Å². The van der Waals surface area contributed by atoms with Gasteiger partial charge in [-0.25, -0.2) is 0 Å². The second kappa shape index (κ2) is 7.34. The maximum absolute atomic E-state index is 9.60. The van der Waals surface area contributed by atoms with E-state index in [1.54, 1.807) is 0 Å². The maximum Gasteiger partial charge on any atom is 0.293 e. The quantitative estimate of drug-likeness (QED) is 0.683. The Hall–Kier alpha value is -1.29. The van der Waals surface area contributed by atoms with Crippen molar-refractivity contribution < 1.29 is 9.53 Å². The molecule has 0 saturated carbocycles. The topological polar surface area (TPSA) is 42.1 Å². The zero-order chi connectivity index (χ0) is 14.3. The van der Waals surface area contributed by atoms with Crippen LogP contribution in [-0.2, 0) is 16.0 Å². The zero-order valence-electron chi connectivity index (χ0n) is 11.6. The number of hydrogen-bond donors (Lipinski definition) is 1. The summed E-state index contributed by atoms with van der Waals surface area (Å²) in [7, 11) is 0. The Kier molecular flexibility index (Phi) is 6.09. The third-order valence-electron chi connectivity index (χ3n) is 2.45. The number of carbonyl (C=O) groups excluding carboxylic acids is 1. The normalized spacial score (nSPS) is 10.7. The van der Waals surface area contributed by atoms with Gasteiger partial charge in [0.25, 0.3) is 6.47 Å². The SMILES string of the molecule is BrCCc1cccc2[nH]ccc12.CC(C)(C)OC=O. The highest BCUT2D eigenvalue weighted by Gasteiger charge is 2.07. The number of halogens is 1. The molecule has 3 nitrogen and oxygen atoms in total. The standard InChI is InChI=1S/C10H10BrN.C5H10O2/c11-6-4-8-2-1-3-10-9(8)5-7-12-10;1-5(2,3)7-4-6/h1-3,5,7,12H,4,6H2;4H,1-3H3. The molecule has 19 heavy (non-hydrogen) atoms. The number of alkyl halides is 1. The van der Waals surface area contributed by atoms with E-state index in [4.69, 9.17) is 0 Å². The molecule has 0 amide bonds. The van der Waals surface area contributed by atoms with Crippen LogP contribution in [0.2, 0.25) is 0 Å². The van der Waals surface area contributed by atoms with Gasteiger partial charge in [0.1, 0.15) is 5.60 Å². The second-order valence-electron chi connectivity index (χ2n) is 5.12. The molecule has 4 heteroatoms. The van der Waals surface area contributed by atoms with Gasteiger partial charge < -0.3 is 9.72 Å². The molecule has 1 aromatic carbocycles. The third kappa shape index (κ3) is 5.47. The number of aromatic nitrogens is 1. The number of ether oxygens (including phenoxy) is 1. The average molecular weight is 326 g/mol. The number of rotatable bonds is 3. The molecule has 0 saturated heterocycles. The Morgan fingerprint density at radius 1 is 1.32 bits per heavy atom. The molecule has 0 bridgehead atoms. The molecule has 1 N–H and O–H groups in total. The number of hydrogen-bond acceptors (Lipinski definition) is 2. The van der Waals surface area contributed by atoms with Gasteiger partial charge in [0.2, 0.25) is 0 Å². The lowest BCUT2D eigenvalue weighted by Crippen LogP contribution is -2.17. The molecule has 0 unspecified atom stereocenters. The molecule has 0 spiro atoms. The van der Waals surface area contributed by atoms with Gasteiger partial charge in [0.15, 0.2) is 0 Å². The molecular weight excluding hydrogens is 306 g/mol. The summed E-state index contributed by atoms with van der Waals surface area (Å²) in [4.78, 5) is 12.8. The van der Waals surface area contributed by atoms with Crippen LogP contribution in [-0.4, -0.2) is 22.4 Å². The number of H-pyrrole nitrogens is 1. The maximum atomic E-state index is 9.60. The Balaban J connectivity index is 0.000000224. The fourth-order valence-electron chi connectivity index (χ4n) is 1.61. The van der Waals surface area contributed by atoms with Crippen LogP contribution < -0.4 is 0 Å². The van der Waals surface area contributed by atoms with Gasteiger partial charge in [-0.05, 0) is 44.9 Å². The van der Waals surface area contributed by atoms with Crippen LogP contribution in [0.3, 0.4) is 0 Å². The summed E-state index contributed by atoms with van der Waals surface area (Å²) in [6.07, 6.45) is 3.08. The first-order valence-corrected chi connectivity index (χ1v) is 7.32. The number of aromatic amines is 1. The number of carbonyl (C=O) groups is 1. The van der Waals surface area contributed by atoms with Crippen LogP contribution in [0.5, 0.6) is 0 Å². The first kappa shape index (κ1) is 15.8. The predicted molar refractivity (Wildman–Crippen MR) is 82.7 cm³/mol. The van der Waals surface area contributed by atoms with Gasteiger partial charge in [-0.3, -0.25) is 4.79 Å². The van der Waals surface area contributed by atoms with Crippen LogP contribution in [0.25, 0.3) is 10.9 Å². The highest BCUT2D eigenvalue weighted by atomic mass is 79.9. The number of benzene rings is 1. The summed E-state index contributed by atoms with van der Waals surface area (Å²) in [6.45, 7) is 5.92. The molecule has 0 aliphatic heterocycles. The Morgan fingerprint density at radius 3 is 2.58 bits per heavy atom. The largest absolute Gasteiger partial charge is 0.462 e. The number of nitrogens with one attached hydrogen (secondary N) is 1. The fourth-order valence-corrected chi connectivity index (χ4v) is 2.04. The van der Waals surface area contributed by atoms with E-state index in [0.717, 1.165) is 11.8 Å². The van der Waals surface area contributed by atoms with E-state index < -0.39 is 0 Å². The Labute approximate surface area is 122 Å². The van der Waals surface area contributed by atoms with E-state index in [9.17, 15) is 4.79 Å². The van der Waals surface area contributed by atoms with E-state index >= 15 is 0 Å². The van der Waals surface area contributed by atoms with Crippen LogP contribution in [0.1, 0.15) is 26.3 Å². The first-order chi connectivity index (χ1) is 8.98. The molecule has 1 heterocycles. The molecule has 2 aromatic rings. The van der Waals surface area contributed by atoms with E-state index in [1.807, 2.05) is 27.0 Å². The first-order valence-electron chi connectivity index (χ1n) is 6.20. The summed E-state index contributed by atoms with van der Waals surface area (Å²) in [6, 6.07) is 8.51. The van der Waals surface area contributed by atoms with Crippen molar-refractivity contribution in [1.29, 1.82) is 0 Å². The minimum Gasteiger partial charge on any atom is -0.462 e. The molecule has 1 aromatic heterocycles. The van der Waals surface area contributed by atoms with Crippen molar-refractivity contribution in [2.75, 3.05) is 5.33 Å². The van der Waals surface area contributed by atoms with Crippen molar-refractivity contribution in [2.45, 2.75) is 32.8 Å². The Morgan fingerprint density at radius 2 is 2.05 bits per heavy atom. The van der Waals surface area contributed by atoms with Crippen molar-refractivity contribution in [1.82, 2.24) is 4.98 Å². The monoisotopic (exact) mass is 325 g/mol. The summed E-state index contributed by atoms with van der Waals surface area (Å²) >= 11 is 3.45. The van der Waals surface area contributed by atoms with E-state index in [0.29, 0.717) is 6.47 Å². The highest BCUT2D eigenvalue weighted by Crippen LogP contribution is 2.17. The van der Waals surface area contributed by atoms with Crippen LogP contribution in [0.15, 0.2) is 30.5 Å². The van der Waals surface area contributed by atoms with E-state index in [2.05, 4.69) is 49.9 Å². The van der Waals surface area contributed by atoms with Gasteiger partial charge >= 0.3 is 0 Å². The van der Waals surface area contributed by atoms with Crippen molar-refractivity contribution in [3.63, 3.8) is 0 Å². The van der Waals surface area contributed by atoms with Crippen LogP contribution in [0.4, 0.5) is 0 Å². The minimum atomic E-state index is -0.318. The lowest BCUT2D eigenvalue weighted by Gasteiger charge is -2.14. The number of fused-ring (bicyclic) bond motifs is 1. The van der Waals surface area contributed by atoms with Crippen molar-refractivity contribution in [2.24, 2.45) is 0 Å². The molecule has 0 aliphatic carbocycles. The molecular formula is C15H20BrNO2. The average Bonchev–Trinajstić information content (AvgIpc) is 2.77. The molecule has 0 radical (unpaired) electrons. The minimum absolute atomic E-state index is 0.318. The summed E-state index contributed by atoms with van der Waals surface area (Å²) in [5, 5.41) is 2.37. The van der Waals surface area contributed by atoms with Gasteiger partial charge in [0.05, 0.1) is 0 Å². The van der Waals surface area contributed by atoms with Crippen LogP contribution in [0, 0.1) is 0 Å². The van der Waals surface area contributed by atoms with Gasteiger partial charge in [0, 0.05) is 22.4 Å².